The molecule has 96 valence electrons. The van der Waals surface area contributed by atoms with E-state index in [1.165, 1.54) is 0 Å². The first kappa shape index (κ1) is 13.1. The van der Waals surface area contributed by atoms with Gasteiger partial charge in [0.2, 0.25) is 0 Å². The topological polar surface area (TPSA) is 42.2 Å². The van der Waals surface area contributed by atoms with E-state index < -0.39 is 5.97 Å². The minimum absolute atomic E-state index is 0.124. The quantitative estimate of drug-likeness (QED) is 0.939. The van der Waals surface area contributed by atoms with Crippen LogP contribution in [-0.2, 0) is 17.3 Å². The highest BCUT2D eigenvalue weighted by Gasteiger charge is 2.27. The number of fused-ring (bicyclic) bond motifs is 1. The zero-order valence-electron chi connectivity index (χ0n) is 10.7. The SMILES string of the molecule is Cn1cc(C(C)(C)CC(=O)O)c2cc(Br)ccc21. The van der Waals surface area contributed by atoms with Crippen molar-refractivity contribution in [2.45, 2.75) is 25.7 Å². The molecule has 0 bridgehead atoms. The monoisotopic (exact) mass is 309 g/mol. The second kappa shape index (κ2) is 4.43. The maximum absolute atomic E-state index is 11.0. The molecule has 0 aliphatic rings. The number of aliphatic carboxylic acids is 1. The predicted molar refractivity (Wildman–Crippen MR) is 75.9 cm³/mol. The van der Waals surface area contributed by atoms with Gasteiger partial charge in [-0.05, 0) is 23.8 Å². The van der Waals surface area contributed by atoms with Crippen LogP contribution in [0.1, 0.15) is 25.8 Å². The molecule has 0 aliphatic heterocycles. The molecule has 2 rings (SSSR count). The van der Waals surface area contributed by atoms with Gasteiger partial charge < -0.3 is 9.67 Å². The molecule has 0 saturated heterocycles. The Morgan fingerprint density at radius 3 is 2.72 bits per heavy atom. The van der Waals surface area contributed by atoms with Crippen molar-refractivity contribution in [1.82, 2.24) is 4.57 Å². The van der Waals surface area contributed by atoms with E-state index in [9.17, 15) is 4.79 Å². The Morgan fingerprint density at radius 1 is 1.44 bits per heavy atom. The number of halogens is 1. The summed E-state index contributed by atoms with van der Waals surface area (Å²) >= 11 is 3.47. The summed E-state index contributed by atoms with van der Waals surface area (Å²) in [7, 11) is 1.98. The van der Waals surface area contributed by atoms with Crippen LogP contribution in [0.3, 0.4) is 0 Å². The van der Waals surface area contributed by atoms with Crippen molar-refractivity contribution in [3.63, 3.8) is 0 Å². The second-order valence-electron chi connectivity index (χ2n) is 5.27. The highest BCUT2D eigenvalue weighted by molar-refractivity contribution is 9.10. The van der Waals surface area contributed by atoms with E-state index in [1.807, 2.05) is 49.9 Å². The molecule has 3 nitrogen and oxygen atoms in total. The summed E-state index contributed by atoms with van der Waals surface area (Å²) < 4.78 is 3.05. The molecule has 1 aromatic heterocycles. The molecule has 18 heavy (non-hydrogen) atoms. The van der Waals surface area contributed by atoms with Crippen molar-refractivity contribution < 1.29 is 9.90 Å². The summed E-state index contributed by atoms with van der Waals surface area (Å²) in [6, 6.07) is 6.09. The fraction of sp³-hybridized carbons (Fsp3) is 0.357. The Bertz CT molecular complexity index is 614. The van der Waals surface area contributed by atoms with Gasteiger partial charge in [-0.25, -0.2) is 0 Å². The van der Waals surface area contributed by atoms with Crippen molar-refractivity contribution in [1.29, 1.82) is 0 Å². The van der Waals surface area contributed by atoms with E-state index in [0.29, 0.717) is 0 Å². The predicted octanol–water partition coefficient (Wildman–Crippen LogP) is 3.69. The first-order valence-corrected chi connectivity index (χ1v) is 6.57. The summed E-state index contributed by atoms with van der Waals surface area (Å²) in [5.74, 6) is -0.771. The first-order valence-electron chi connectivity index (χ1n) is 5.78. The first-order chi connectivity index (χ1) is 8.31. The van der Waals surface area contributed by atoms with Crippen molar-refractivity contribution in [2.24, 2.45) is 7.05 Å². The van der Waals surface area contributed by atoms with Gasteiger partial charge in [-0.2, -0.15) is 0 Å². The number of benzene rings is 1. The lowest BCUT2D eigenvalue weighted by atomic mass is 9.81. The minimum Gasteiger partial charge on any atom is -0.481 e. The lowest BCUT2D eigenvalue weighted by Gasteiger charge is -2.22. The Labute approximate surface area is 115 Å². The van der Waals surface area contributed by atoms with Crippen molar-refractivity contribution in [2.75, 3.05) is 0 Å². The van der Waals surface area contributed by atoms with Crippen LogP contribution in [0.4, 0.5) is 0 Å². The van der Waals surface area contributed by atoms with E-state index >= 15 is 0 Å². The summed E-state index contributed by atoms with van der Waals surface area (Å²) in [4.78, 5) is 11.0. The van der Waals surface area contributed by atoms with E-state index in [-0.39, 0.29) is 11.8 Å². The number of aryl methyl sites for hydroxylation is 1. The van der Waals surface area contributed by atoms with Crippen LogP contribution in [0.5, 0.6) is 0 Å². The molecule has 0 atom stereocenters. The molecule has 0 fully saturated rings. The average Bonchev–Trinajstić information content (AvgIpc) is 2.54. The summed E-state index contributed by atoms with van der Waals surface area (Å²) in [5.41, 5.74) is 1.81. The number of hydrogen-bond acceptors (Lipinski definition) is 1. The largest absolute Gasteiger partial charge is 0.481 e. The van der Waals surface area contributed by atoms with Crippen molar-refractivity contribution in [3.8, 4) is 0 Å². The molecule has 1 N–H and O–H groups in total. The lowest BCUT2D eigenvalue weighted by Crippen LogP contribution is -2.21. The van der Waals surface area contributed by atoms with Gasteiger partial charge in [-0.1, -0.05) is 29.8 Å². The molecular formula is C14H16BrNO2. The molecule has 4 heteroatoms. The van der Waals surface area contributed by atoms with Gasteiger partial charge >= 0.3 is 5.97 Å². The van der Waals surface area contributed by atoms with Crippen LogP contribution in [0.2, 0.25) is 0 Å². The molecule has 0 unspecified atom stereocenters. The van der Waals surface area contributed by atoms with Gasteiger partial charge in [-0.15, -0.1) is 0 Å². The number of nitrogens with zero attached hydrogens (tertiary/aromatic N) is 1. The third kappa shape index (κ3) is 2.29. The van der Waals surface area contributed by atoms with Crippen molar-refractivity contribution in [3.05, 3.63) is 34.4 Å². The molecule has 1 heterocycles. The van der Waals surface area contributed by atoms with Crippen LogP contribution in [-0.4, -0.2) is 15.6 Å². The highest BCUT2D eigenvalue weighted by atomic mass is 79.9. The molecule has 0 amide bonds. The average molecular weight is 310 g/mol. The van der Waals surface area contributed by atoms with E-state index in [0.717, 1.165) is 20.9 Å². The normalized spacial score (nSPS) is 12.0. The fourth-order valence-corrected chi connectivity index (χ4v) is 2.74. The number of carboxylic acid groups (broad SMARTS) is 1. The Morgan fingerprint density at radius 2 is 2.11 bits per heavy atom. The number of aromatic nitrogens is 1. The third-order valence-corrected chi connectivity index (χ3v) is 3.77. The van der Waals surface area contributed by atoms with Gasteiger partial charge in [0.1, 0.15) is 0 Å². The van der Waals surface area contributed by atoms with E-state index in [1.54, 1.807) is 0 Å². The summed E-state index contributed by atoms with van der Waals surface area (Å²) in [6.45, 7) is 3.94. The fourth-order valence-electron chi connectivity index (χ4n) is 2.38. The van der Waals surface area contributed by atoms with Crippen LogP contribution in [0.25, 0.3) is 10.9 Å². The number of hydrogen-bond donors (Lipinski definition) is 1. The number of rotatable bonds is 3. The Kier molecular flexibility index (Phi) is 3.23. The molecule has 0 radical (unpaired) electrons. The maximum atomic E-state index is 11.0. The zero-order chi connectivity index (χ0) is 13.5. The van der Waals surface area contributed by atoms with Crippen LogP contribution in [0, 0.1) is 0 Å². The molecule has 0 aliphatic carbocycles. The van der Waals surface area contributed by atoms with E-state index in [4.69, 9.17) is 5.11 Å². The van der Waals surface area contributed by atoms with Gasteiger partial charge in [0.15, 0.2) is 0 Å². The second-order valence-corrected chi connectivity index (χ2v) is 6.19. The Hall–Kier alpha value is -1.29. The Balaban J connectivity index is 2.64. The van der Waals surface area contributed by atoms with Crippen LogP contribution < -0.4 is 0 Å². The summed E-state index contributed by atoms with van der Waals surface area (Å²) in [6.07, 6.45) is 2.15. The van der Waals surface area contributed by atoms with Gasteiger partial charge in [0.25, 0.3) is 0 Å². The highest BCUT2D eigenvalue weighted by Crippen LogP contribution is 2.35. The zero-order valence-corrected chi connectivity index (χ0v) is 12.3. The van der Waals surface area contributed by atoms with Crippen molar-refractivity contribution >= 4 is 32.8 Å². The van der Waals surface area contributed by atoms with Gasteiger partial charge in [0, 0.05) is 34.0 Å². The molecule has 0 spiro atoms. The minimum atomic E-state index is -0.771. The smallest absolute Gasteiger partial charge is 0.304 e. The maximum Gasteiger partial charge on any atom is 0.304 e. The summed E-state index contributed by atoms with van der Waals surface area (Å²) in [5, 5.41) is 10.1. The van der Waals surface area contributed by atoms with E-state index in [2.05, 4.69) is 15.9 Å². The van der Waals surface area contributed by atoms with Crippen LogP contribution >= 0.6 is 15.9 Å². The van der Waals surface area contributed by atoms with Crippen LogP contribution in [0.15, 0.2) is 28.9 Å². The molecular weight excluding hydrogens is 294 g/mol. The standard InChI is InChI=1S/C14H16BrNO2/c1-14(2,7-13(17)18)11-8-16(3)12-5-4-9(15)6-10(11)12/h4-6,8H,7H2,1-3H3,(H,17,18). The molecule has 0 saturated carbocycles. The number of carboxylic acids is 1. The third-order valence-electron chi connectivity index (χ3n) is 3.27. The molecule has 1 aromatic carbocycles. The van der Waals surface area contributed by atoms with Gasteiger partial charge in [-0.3, -0.25) is 4.79 Å². The van der Waals surface area contributed by atoms with Gasteiger partial charge in [0.05, 0.1) is 6.42 Å². The molecule has 2 aromatic rings. The number of carbonyl (C=O) groups is 1. The lowest BCUT2D eigenvalue weighted by molar-refractivity contribution is -0.138.